The van der Waals surface area contributed by atoms with E-state index in [0.29, 0.717) is 13.2 Å². The minimum atomic E-state index is -0.719. The Morgan fingerprint density at radius 2 is 1.76 bits per heavy atom. The average Bonchev–Trinajstić information content (AvgIpc) is 2.74. The predicted molar refractivity (Wildman–Crippen MR) is 69.5 cm³/mol. The summed E-state index contributed by atoms with van der Waals surface area (Å²) in [4.78, 5) is 22.2. The van der Waals surface area contributed by atoms with Gasteiger partial charge in [0.2, 0.25) is 0 Å². The van der Waals surface area contributed by atoms with Crippen LogP contribution in [0.15, 0.2) is 0 Å². The molecule has 0 aromatic carbocycles. The molecule has 8 nitrogen and oxygen atoms in total. The number of hydrogen-bond donors (Lipinski definition) is 0. The molecule has 0 aliphatic carbocycles. The van der Waals surface area contributed by atoms with Gasteiger partial charge in [0.25, 0.3) is 0 Å². The first-order chi connectivity index (χ1) is 9.99. The first-order valence-corrected chi connectivity index (χ1v) is 6.59. The molecular weight excluding hydrogens is 284 g/mol. The molecule has 1 saturated heterocycles. The summed E-state index contributed by atoms with van der Waals surface area (Å²) in [5.41, 5.74) is 0. The quantitative estimate of drug-likeness (QED) is 0.453. The Morgan fingerprint density at radius 3 is 2.29 bits per heavy atom. The van der Waals surface area contributed by atoms with E-state index in [4.69, 9.17) is 28.4 Å². The zero-order valence-corrected chi connectivity index (χ0v) is 12.7. The molecule has 8 heteroatoms. The first-order valence-electron chi connectivity index (χ1n) is 6.59. The number of carbonyl (C=O) groups is 2. The molecule has 0 aromatic heterocycles. The highest BCUT2D eigenvalue weighted by atomic mass is 16.7. The van der Waals surface area contributed by atoms with E-state index in [1.807, 2.05) is 0 Å². The minimum Gasteiger partial charge on any atom is -0.463 e. The van der Waals surface area contributed by atoms with Crippen LogP contribution in [-0.4, -0.2) is 70.6 Å². The van der Waals surface area contributed by atoms with Gasteiger partial charge in [-0.3, -0.25) is 9.59 Å². The summed E-state index contributed by atoms with van der Waals surface area (Å²) in [7, 11) is 3.01. The van der Waals surface area contributed by atoms with Crippen molar-refractivity contribution in [1.82, 2.24) is 0 Å². The number of hydrogen-bond acceptors (Lipinski definition) is 8. The van der Waals surface area contributed by atoms with Gasteiger partial charge in [0.05, 0.1) is 13.2 Å². The number of esters is 2. The van der Waals surface area contributed by atoms with Crippen molar-refractivity contribution in [2.75, 3.05) is 34.0 Å². The molecule has 0 saturated carbocycles. The van der Waals surface area contributed by atoms with E-state index >= 15 is 0 Å². The van der Waals surface area contributed by atoms with Crippen LogP contribution in [0, 0.1) is 0 Å². The van der Waals surface area contributed by atoms with Crippen LogP contribution in [-0.2, 0) is 38.0 Å². The summed E-state index contributed by atoms with van der Waals surface area (Å²) in [5.74, 6) is -0.925. The van der Waals surface area contributed by atoms with Gasteiger partial charge in [0.15, 0.2) is 12.4 Å². The van der Waals surface area contributed by atoms with E-state index in [2.05, 4.69) is 0 Å². The summed E-state index contributed by atoms with van der Waals surface area (Å²) < 4.78 is 31.4. The minimum absolute atomic E-state index is 0.0444. The molecule has 1 aliphatic heterocycles. The monoisotopic (exact) mass is 306 g/mol. The van der Waals surface area contributed by atoms with Gasteiger partial charge in [0, 0.05) is 28.1 Å². The summed E-state index contributed by atoms with van der Waals surface area (Å²) in [6, 6.07) is 0. The van der Waals surface area contributed by atoms with Gasteiger partial charge in [-0.05, 0) is 0 Å². The van der Waals surface area contributed by atoms with Gasteiger partial charge < -0.3 is 28.4 Å². The third kappa shape index (κ3) is 5.58. The van der Waals surface area contributed by atoms with Gasteiger partial charge in [-0.1, -0.05) is 0 Å². The summed E-state index contributed by atoms with van der Waals surface area (Å²) in [5, 5.41) is 0. The maximum absolute atomic E-state index is 11.2. The molecule has 21 heavy (non-hydrogen) atoms. The highest BCUT2D eigenvalue weighted by Crippen LogP contribution is 2.27. The third-order valence-corrected chi connectivity index (χ3v) is 2.85. The normalized spacial score (nSPS) is 28.4. The van der Waals surface area contributed by atoms with Gasteiger partial charge in [-0.2, -0.15) is 0 Å². The smallest absolute Gasteiger partial charge is 0.303 e. The van der Waals surface area contributed by atoms with Crippen molar-refractivity contribution in [3.05, 3.63) is 0 Å². The number of ether oxygens (including phenoxy) is 6. The van der Waals surface area contributed by atoms with Crippen LogP contribution in [0.2, 0.25) is 0 Å². The van der Waals surface area contributed by atoms with Crippen molar-refractivity contribution in [2.45, 2.75) is 38.4 Å². The van der Waals surface area contributed by atoms with Crippen molar-refractivity contribution < 1.29 is 38.0 Å². The molecule has 0 radical (unpaired) electrons. The van der Waals surface area contributed by atoms with Gasteiger partial charge in [-0.25, -0.2) is 0 Å². The van der Waals surface area contributed by atoms with Crippen molar-refractivity contribution in [3.8, 4) is 0 Å². The second kappa shape index (κ2) is 8.93. The Labute approximate surface area is 123 Å². The standard InChI is InChI=1S/C13H22O8/c1-8(14)19-7-10-11(20-9(2)15)12(13(17-4)21-10)18-6-5-16-3/h10-13H,5-7H2,1-4H3/t10-,11-,12-,13+/m1/s1. The van der Waals surface area contributed by atoms with Crippen molar-refractivity contribution in [2.24, 2.45) is 0 Å². The van der Waals surface area contributed by atoms with Gasteiger partial charge in [0.1, 0.15) is 18.8 Å². The SMILES string of the molecule is COCCO[C@H]1[C@@H](OC)O[C@H](COC(C)=O)[C@H]1OC(C)=O. The van der Waals surface area contributed by atoms with Crippen molar-refractivity contribution in [1.29, 1.82) is 0 Å². The largest absolute Gasteiger partial charge is 0.463 e. The molecule has 0 amide bonds. The van der Waals surface area contributed by atoms with Crippen LogP contribution in [0.4, 0.5) is 0 Å². The molecule has 122 valence electrons. The highest BCUT2D eigenvalue weighted by Gasteiger charge is 2.48. The molecule has 0 bridgehead atoms. The molecule has 1 fully saturated rings. The van der Waals surface area contributed by atoms with Crippen LogP contribution >= 0.6 is 0 Å². The zero-order valence-electron chi connectivity index (χ0n) is 12.7. The lowest BCUT2D eigenvalue weighted by Gasteiger charge is -2.23. The fourth-order valence-electron chi connectivity index (χ4n) is 1.99. The summed E-state index contributed by atoms with van der Waals surface area (Å²) in [6.07, 6.45) is -2.69. The van der Waals surface area contributed by atoms with E-state index in [1.54, 1.807) is 7.11 Å². The van der Waals surface area contributed by atoms with E-state index in [1.165, 1.54) is 21.0 Å². The molecule has 0 N–H and O–H groups in total. The van der Waals surface area contributed by atoms with Crippen LogP contribution in [0.1, 0.15) is 13.8 Å². The highest BCUT2D eigenvalue weighted by molar-refractivity contribution is 5.66. The lowest BCUT2D eigenvalue weighted by Crippen LogP contribution is -2.41. The number of carbonyl (C=O) groups excluding carboxylic acids is 2. The Balaban J connectivity index is 2.73. The third-order valence-electron chi connectivity index (χ3n) is 2.85. The summed E-state index contributed by atoms with van der Waals surface area (Å²) >= 11 is 0. The zero-order chi connectivity index (χ0) is 15.8. The summed E-state index contributed by atoms with van der Waals surface area (Å²) in [6.45, 7) is 3.21. The molecule has 0 unspecified atom stereocenters. The average molecular weight is 306 g/mol. The van der Waals surface area contributed by atoms with Crippen LogP contribution in [0.5, 0.6) is 0 Å². The van der Waals surface area contributed by atoms with Crippen LogP contribution in [0.3, 0.4) is 0 Å². The maximum atomic E-state index is 11.2. The number of rotatable bonds is 8. The molecule has 0 spiro atoms. The van der Waals surface area contributed by atoms with E-state index in [9.17, 15) is 9.59 Å². The lowest BCUT2D eigenvalue weighted by atomic mass is 10.1. The number of methoxy groups -OCH3 is 2. The van der Waals surface area contributed by atoms with Crippen LogP contribution in [0.25, 0.3) is 0 Å². The van der Waals surface area contributed by atoms with Gasteiger partial charge >= 0.3 is 11.9 Å². The molecule has 4 atom stereocenters. The maximum Gasteiger partial charge on any atom is 0.303 e. The molecule has 1 heterocycles. The molecule has 0 aromatic rings. The fraction of sp³-hybridized carbons (Fsp3) is 0.846. The van der Waals surface area contributed by atoms with E-state index in [0.717, 1.165) is 0 Å². The topological polar surface area (TPSA) is 89.5 Å². The Hall–Kier alpha value is -1.22. The second-order valence-corrected chi connectivity index (χ2v) is 4.48. The first kappa shape index (κ1) is 17.8. The fourth-order valence-corrected chi connectivity index (χ4v) is 1.99. The predicted octanol–water partition coefficient (Wildman–Crippen LogP) is -0.116. The van der Waals surface area contributed by atoms with Crippen LogP contribution < -0.4 is 0 Å². The molecular formula is C13H22O8. The second-order valence-electron chi connectivity index (χ2n) is 4.48. The Morgan fingerprint density at radius 1 is 1.05 bits per heavy atom. The van der Waals surface area contributed by atoms with E-state index in [-0.39, 0.29) is 6.61 Å². The van der Waals surface area contributed by atoms with Crippen molar-refractivity contribution in [3.63, 3.8) is 0 Å². The van der Waals surface area contributed by atoms with Gasteiger partial charge in [-0.15, -0.1) is 0 Å². The lowest BCUT2D eigenvalue weighted by molar-refractivity contribution is -0.173. The van der Waals surface area contributed by atoms with Crippen molar-refractivity contribution >= 4 is 11.9 Å². The molecule has 1 rings (SSSR count). The van der Waals surface area contributed by atoms with E-state index < -0.39 is 36.5 Å². The molecule has 1 aliphatic rings. The Bertz CT molecular complexity index is 345. The Kier molecular flexibility index (Phi) is 7.58.